The van der Waals surface area contributed by atoms with Crippen LogP contribution in [0.25, 0.3) is 0 Å². The van der Waals surface area contributed by atoms with Crippen molar-refractivity contribution in [2.45, 2.75) is 24.5 Å². The molecule has 1 aliphatic rings. The lowest BCUT2D eigenvalue weighted by Crippen LogP contribution is -2.19. The van der Waals surface area contributed by atoms with Crippen LogP contribution in [0.2, 0.25) is 10.0 Å². The Balaban J connectivity index is 1.79. The molecule has 116 valence electrons. The van der Waals surface area contributed by atoms with E-state index in [0.29, 0.717) is 33.1 Å². The Labute approximate surface area is 138 Å². The summed E-state index contributed by atoms with van der Waals surface area (Å²) in [5, 5.41) is 4.15. The molecule has 1 amide bonds. The second-order valence-electron chi connectivity index (χ2n) is 4.83. The van der Waals surface area contributed by atoms with Gasteiger partial charge in [-0.05, 0) is 25.0 Å². The second-order valence-corrected chi connectivity index (χ2v) is 7.08. The molecule has 0 bridgehead atoms. The van der Waals surface area contributed by atoms with Crippen molar-refractivity contribution in [1.29, 1.82) is 0 Å². The van der Waals surface area contributed by atoms with Gasteiger partial charge in [0.15, 0.2) is 0 Å². The first-order valence-electron chi connectivity index (χ1n) is 6.80. The van der Waals surface area contributed by atoms with Crippen molar-refractivity contribution in [2.75, 3.05) is 30.0 Å². The standard InChI is InChI=1S/C14H18Cl2N2O2S/c15-9-7-11(16)14(12(17)8-9)18-13(19)3-6-21-10-1-4-20-5-2-10/h7-8,10H,1-6,17H2,(H,18,19). The zero-order valence-corrected chi connectivity index (χ0v) is 13.9. The van der Waals surface area contributed by atoms with E-state index >= 15 is 0 Å². The van der Waals surface area contributed by atoms with Gasteiger partial charge in [0.1, 0.15) is 0 Å². The zero-order chi connectivity index (χ0) is 15.2. The van der Waals surface area contributed by atoms with Gasteiger partial charge in [-0.25, -0.2) is 0 Å². The quantitative estimate of drug-likeness (QED) is 0.794. The van der Waals surface area contributed by atoms with Crippen molar-refractivity contribution in [1.82, 2.24) is 0 Å². The Bertz CT molecular complexity index is 485. The molecular formula is C14H18Cl2N2O2S. The average molecular weight is 349 g/mol. The zero-order valence-electron chi connectivity index (χ0n) is 11.5. The molecule has 1 aromatic carbocycles. The van der Waals surface area contributed by atoms with Crippen LogP contribution >= 0.6 is 35.0 Å². The Hall–Kier alpha value is -0.620. The summed E-state index contributed by atoms with van der Waals surface area (Å²) in [5.74, 6) is 0.687. The number of nitrogen functional groups attached to an aromatic ring is 1. The Morgan fingerprint density at radius 3 is 2.76 bits per heavy atom. The smallest absolute Gasteiger partial charge is 0.225 e. The predicted molar refractivity (Wildman–Crippen MR) is 90.4 cm³/mol. The molecule has 1 aliphatic heterocycles. The van der Waals surface area contributed by atoms with E-state index in [4.69, 9.17) is 33.7 Å². The van der Waals surface area contributed by atoms with Gasteiger partial charge in [0.05, 0.1) is 16.4 Å². The predicted octanol–water partition coefficient (Wildman–Crippen LogP) is 3.82. The lowest BCUT2D eigenvalue weighted by Gasteiger charge is -2.21. The Morgan fingerprint density at radius 2 is 2.10 bits per heavy atom. The van der Waals surface area contributed by atoms with Crippen LogP contribution in [0.15, 0.2) is 12.1 Å². The number of hydrogen-bond acceptors (Lipinski definition) is 4. The number of carbonyl (C=O) groups is 1. The molecule has 1 heterocycles. The van der Waals surface area contributed by atoms with E-state index < -0.39 is 0 Å². The SMILES string of the molecule is Nc1cc(Cl)cc(Cl)c1NC(=O)CCSC1CCOCC1. The van der Waals surface area contributed by atoms with Crippen molar-refractivity contribution in [3.63, 3.8) is 0 Å². The van der Waals surface area contributed by atoms with E-state index in [0.717, 1.165) is 31.8 Å². The number of halogens is 2. The van der Waals surface area contributed by atoms with E-state index in [2.05, 4.69) is 5.32 Å². The first-order chi connectivity index (χ1) is 10.1. The third-order valence-electron chi connectivity index (χ3n) is 3.20. The van der Waals surface area contributed by atoms with Gasteiger partial charge < -0.3 is 15.8 Å². The topological polar surface area (TPSA) is 64.3 Å². The molecule has 0 saturated carbocycles. The van der Waals surface area contributed by atoms with Gasteiger partial charge in [0.25, 0.3) is 0 Å². The highest BCUT2D eigenvalue weighted by Crippen LogP contribution is 2.32. The summed E-state index contributed by atoms with van der Waals surface area (Å²) in [6.07, 6.45) is 2.55. The molecule has 7 heteroatoms. The van der Waals surface area contributed by atoms with Crippen LogP contribution < -0.4 is 11.1 Å². The van der Waals surface area contributed by atoms with Gasteiger partial charge in [-0.3, -0.25) is 4.79 Å². The van der Waals surface area contributed by atoms with Crippen LogP contribution in [0.3, 0.4) is 0 Å². The lowest BCUT2D eigenvalue weighted by atomic mass is 10.2. The van der Waals surface area contributed by atoms with Gasteiger partial charge in [0, 0.05) is 35.7 Å². The average Bonchev–Trinajstić information content (AvgIpc) is 2.44. The second kappa shape index (κ2) is 8.13. The number of nitrogens with two attached hydrogens (primary N) is 1. The highest BCUT2D eigenvalue weighted by Gasteiger charge is 2.15. The maximum absolute atomic E-state index is 11.9. The minimum Gasteiger partial charge on any atom is -0.397 e. The molecule has 0 unspecified atom stereocenters. The summed E-state index contributed by atoms with van der Waals surface area (Å²) >= 11 is 13.7. The van der Waals surface area contributed by atoms with E-state index in [1.807, 2.05) is 11.8 Å². The number of benzene rings is 1. The molecule has 2 rings (SSSR count). The van der Waals surface area contributed by atoms with Crippen molar-refractivity contribution >= 4 is 52.2 Å². The Kier molecular flexibility index (Phi) is 6.48. The summed E-state index contributed by atoms with van der Waals surface area (Å²) in [6, 6.07) is 3.13. The molecule has 1 fully saturated rings. The van der Waals surface area contributed by atoms with Gasteiger partial charge >= 0.3 is 0 Å². The molecule has 1 aromatic rings. The van der Waals surface area contributed by atoms with Gasteiger partial charge in [-0.2, -0.15) is 11.8 Å². The van der Waals surface area contributed by atoms with Crippen LogP contribution in [-0.4, -0.2) is 30.1 Å². The highest BCUT2D eigenvalue weighted by atomic mass is 35.5. The van der Waals surface area contributed by atoms with Gasteiger partial charge in [-0.1, -0.05) is 23.2 Å². The van der Waals surface area contributed by atoms with Crippen molar-refractivity contribution in [3.8, 4) is 0 Å². The minimum atomic E-state index is -0.0921. The maximum atomic E-state index is 11.9. The molecule has 0 atom stereocenters. The number of thioether (sulfide) groups is 1. The largest absolute Gasteiger partial charge is 0.397 e. The maximum Gasteiger partial charge on any atom is 0.225 e. The summed E-state index contributed by atoms with van der Waals surface area (Å²) < 4.78 is 5.31. The fourth-order valence-corrected chi connectivity index (χ4v) is 3.81. The third-order valence-corrected chi connectivity index (χ3v) is 5.10. The number of anilines is 2. The van der Waals surface area contributed by atoms with Crippen LogP contribution in [0.4, 0.5) is 11.4 Å². The first kappa shape index (κ1) is 16.7. The molecule has 0 aromatic heterocycles. The monoisotopic (exact) mass is 348 g/mol. The lowest BCUT2D eigenvalue weighted by molar-refractivity contribution is -0.115. The number of amides is 1. The van der Waals surface area contributed by atoms with Gasteiger partial charge in [0.2, 0.25) is 5.91 Å². The highest BCUT2D eigenvalue weighted by molar-refractivity contribution is 7.99. The molecule has 0 aliphatic carbocycles. The molecule has 4 nitrogen and oxygen atoms in total. The summed E-state index contributed by atoms with van der Waals surface area (Å²) in [4.78, 5) is 11.9. The normalized spacial score (nSPS) is 15.9. The fourth-order valence-electron chi connectivity index (χ4n) is 2.09. The van der Waals surface area contributed by atoms with E-state index in [1.54, 1.807) is 12.1 Å². The first-order valence-corrected chi connectivity index (χ1v) is 8.60. The van der Waals surface area contributed by atoms with Gasteiger partial charge in [-0.15, -0.1) is 0 Å². The molecule has 1 saturated heterocycles. The molecule has 3 N–H and O–H groups in total. The number of carbonyl (C=O) groups excluding carboxylic acids is 1. The number of hydrogen-bond donors (Lipinski definition) is 2. The fraction of sp³-hybridized carbons (Fsp3) is 0.500. The van der Waals surface area contributed by atoms with Crippen molar-refractivity contribution < 1.29 is 9.53 Å². The molecule has 21 heavy (non-hydrogen) atoms. The Morgan fingerprint density at radius 1 is 1.38 bits per heavy atom. The number of rotatable bonds is 5. The van der Waals surface area contributed by atoms with Crippen LogP contribution in [-0.2, 0) is 9.53 Å². The molecular weight excluding hydrogens is 331 g/mol. The third kappa shape index (κ3) is 5.25. The summed E-state index contributed by atoms with van der Waals surface area (Å²) in [6.45, 7) is 1.64. The van der Waals surface area contributed by atoms with E-state index in [-0.39, 0.29) is 5.91 Å². The van der Waals surface area contributed by atoms with E-state index in [9.17, 15) is 4.79 Å². The van der Waals surface area contributed by atoms with Crippen LogP contribution in [0.1, 0.15) is 19.3 Å². The van der Waals surface area contributed by atoms with Crippen molar-refractivity contribution in [3.05, 3.63) is 22.2 Å². The molecule has 0 radical (unpaired) electrons. The van der Waals surface area contributed by atoms with Crippen molar-refractivity contribution in [2.24, 2.45) is 0 Å². The number of nitrogens with one attached hydrogen (secondary N) is 1. The minimum absolute atomic E-state index is 0.0921. The molecule has 0 spiro atoms. The summed E-state index contributed by atoms with van der Waals surface area (Å²) in [5.41, 5.74) is 6.62. The van der Waals surface area contributed by atoms with Crippen LogP contribution in [0, 0.1) is 0 Å². The number of ether oxygens (including phenoxy) is 1. The van der Waals surface area contributed by atoms with Crippen LogP contribution in [0.5, 0.6) is 0 Å². The summed E-state index contributed by atoms with van der Waals surface area (Å²) in [7, 11) is 0. The van der Waals surface area contributed by atoms with E-state index in [1.165, 1.54) is 0 Å².